The Balaban J connectivity index is 1.25. The largest absolute Gasteiger partial charge is 0.444 e. The van der Waals surface area contributed by atoms with E-state index in [1.54, 1.807) is 17.4 Å². The molecule has 3 heterocycles. The first-order valence-corrected chi connectivity index (χ1v) is 13.9. The third kappa shape index (κ3) is 6.82. The van der Waals surface area contributed by atoms with Gasteiger partial charge in [0.05, 0.1) is 0 Å². The Bertz CT molecular complexity index is 1550. The number of aromatic nitrogens is 4. The van der Waals surface area contributed by atoms with Crippen LogP contribution in [0.4, 0.5) is 16.2 Å². The molecular weight excluding hydrogens is 518 g/mol. The van der Waals surface area contributed by atoms with E-state index in [-0.39, 0.29) is 17.9 Å². The molecule has 1 atom stereocenters. The van der Waals surface area contributed by atoms with Crippen molar-refractivity contribution in [3.05, 3.63) is 78.1 Å². The van der Waals surface area contributed by atoms with Gasteiger partial charge in [-0.3, -0.25) is 9.78 Å². The van der Waals surface area contributed by atoms with Crippen LogP contribution in [0.1, 0.15) is 55.5 Å². The number of nitrogens with one attached hydrogen (secondary N) is 1. The number of carbonyl (C=O) groups is 2. The van der Waals surface area contributed by atoms with Crippen molar-refractivity contribution in [2.75, 3.05) is 36.4 Å². The van der Waals surface area contributed by atoms with E-state index in [4.69, 9.17) is 4.74 Å². The average Bonchev–Trinajstić information content (AvgIpc) is 3.35. The smallest absolute Gasteiger partial charge is 0.410 e. The third-order valence-corrected chi connectivity index (χ3v) is 7.24. The number of ether oxygens (including phenoxy) is 1. The molecular formula is C31H37N7O3. The standard InChI is InChI=1S/C31H37N7O3/c1-21(15-28-35-33-20-36(28)5)22-7-6-8-25(16-22)34-29(39)27-18-24-17-26(10-9-23(24)19-32-27)37-11-13-38(14-12-37)30(40)41-31(2,3)4/h6-10,16-21H,11-15H2,1-5H3,(H,34,39)/t21-/m1/s1. The lowest BCUT2D eigenvalue weighted by molar-refractivity contribution is 0.0240. The molecule has 1 saturated heterocycles. The summed E-state index contributed by atoms with van der Waals surface area (Å²) in [4.78, 5) is 34.0. The number of hydrogen-bond acceptors (Lipinski definition) is 7. The molecule has 0 saturated carbocycles. The van der Waals surface area contributed by atoms with E-state index in [0.717, 1.165) is 40.0 Å². The van der Waals surface area contributed by atoms with Crippen LogP contribution in [-0.4, -0.2) is 68.4 Å². The molecule has 0 bridgehead atoms. The Kier molecular flexibility index (Phi) is 7.92. The van der Waals surface area contributed by atoms with E-state index in [0.29, 0.717) is 31.9 Å². The van der Waals surface area contributed by atoms with E-state index >= 15 is 0 Å². The van der Waals surface area contributed by atoms with Crippen molar-refractivity contribution in [3.63, 3.8) is 0 Å². The second kappa shape index (κ2) is 11.6. The molecule has 41 heavy (non-hydrogen) atoms. The predicted octanol–water partition coefficient (Wildman–Crippen LogP) is 5.02. The number of nitrogens with zero attached hydrogens (tertiary/aromatic N) is 6. The first kappa shape index (κ1) is 28.1. The monoisotopic (exact) mass is 555 g/mol. The zero-order valence-electron chi connectivity index (χ0n) is 24.3. The van der Waals surface area contributed by atoms with E-state index < -0.39 is 5.60 Å². The number of benzene rings is 2. The van der Waals surface area contributed by atoms with Gasteiger partial charge in [-0.2, -0.15) is 0 Å². The molecule has 1 aliphatic heterocycles. The van der Waals surface area contributed by atoms with Crippen molar-refractivity contribution in [1.82, 2.24) is 24.6 Å². The van der Waals surface area contributed by atoms with Crippen molar-refractivity contribution in [2.24, 2.45) is 7.05 Å². The average molecular weight is 556 g/mol. The maximum Gasteiger partial charge on any atom is 0.410 e. The summed E-state index contributed by atoms with van der Waals surface area (Å²) in [5.74, 6) is 0.857. The third-order valence-electron chi connectivity index (χ3n) is 7.24. The molecule has 1 N–H and O–H groups in total. The number of amides is 2. The van der Waals surface area contributed by atoms with Crippen LogP contribution in [0, 0.1) is 0 Å². The summed E-state index contributed by atoms with van der Waals surface area (Å²) in [6.45, 7) is 10.3. The highest BCUT2D eigenvalue weighted by Gasteiger charge is 2.26. The van der Waals surface area contributed by atoms with Gasteiger partial charge < -0.3 is 24.4 Å². The van der Waals surface area contributed by atoms with Crippen molar-refractivity contribution < 1.29 is 14.3 Å². The minimum atomic E-state index is -0.510. The van der Waals surface area contributed by atoms with Gasteiger partial charge in [-0.15, -0.1) is 10.2 Å². The minimum Gasteiger partial charge on any atom is -0.444 e. The summed E-state index contributed by atoms with van der Waals surface area (Å²) in [5.41, 5.74) is 2.71. The summed E-state index contributed by atoms with van der Waals surface area (Å²) in [7, 11) is 1.94. The minimum absolute atomic E-state index is 0.206. The van der Waals surface area contributed by atoms with Crippen LogP contribution in [-0.2, 0) is 18.2 Å². The van der Waals surface area contributed by atoms with Gasteiger partial charge in [-0.05, 0) is 68.0 Å². The fourth-order valence-electron chi connectivity index (χ4n) is 4.92. The molecule has 0 spiro atoms. The van der Waals surface area contributed by atoms with Crippen molar-refractivity contribution in [2.45, 2.75) is 45.6 Å². The van der Waals surface area contributed by atoms with Crippen LogP contribution < -0.4 is 10.2 Å². The zero-order chi connectivity index (χ0) is 29.1. The second-order valence-corrected chi connectivity index (χ2v) is 11.6. The normalized spacial score (nSPS) is 14.7. The molecule has 2 aromatic carbocycles. The number of rotatable bonds is 6. The summed E-state index contributed by atoms with van der Waals surface area (Å²) in [6, 6.07) is 15.8. The summed E-state index contributed by atoms with van der Waals surface area (Å²) >= 11 is 0. The van der Waals surface area contributed by atoms with Crippen LogP contribution >= 0.6 is 0 Å². The number of piperazine rings is 1. The van der Waals surface area contributed by atoms with E-state index in [1.807, 2.05) is 62.7 Å². The fourth-order valence-corrected chi connectivity index (χ4v) is 4.92. The van der Waals surface area contributed by atoms with Crippen LogP contribution in [0.2, 0.25) is 0 Å². The van der Waals surface area contributed by atoms with Gasteiger partial charge >= 0.3 is 6.09 Å². The molecule has 5 rings (SSSR count). The number of aryl methyl sites for hydroxylation is 1. The Morgan fingerprint density at radius 3 is 2.51 bits per heavy atom. The molecule has 10 nitrogen and oxygen atoms in total. The Hall–Kier alpha value is -4.47. The van der Waals surface area contributed by atoms with Crippen LogP contribution in [0.3, 0.4) is 0 Å². The highest BCUT2D eigenvalue weighted by molar-refractivity contribution is 6.05. The first-order chi connectivity index (χ1) is 19.6. The first-order valence-electron chi connectivity index (χ1n) is 13.9. The van der Waals surface area contributed by atoms with Gasteiger partial charge in [0.25, 0.3) is 5.91 Å². The predicted molar refractivity (Wildman–Crippen MR) is 159 cm³/mol. The van der Waals surface area contributed by atoms with Gasteiger partial charge in [0.2, 0.25) is 0 Å². The summed E-state index contributed by atoms with van der Waals surface area (Å²) < 4.78 is 7.43. The molecule has 2 aromatic heterocycles. The number of anilines is 2. The lowest BCUT2D eigenvalue weighted by atomic mass is 9.97. The second-order valence-electron chi connectivity index (χ2n) is 11.6. The van der Waals surface area contributed by atoms with Crippen molar-refractivity contribution >= 4 is 34.1 Å². The SMILES string of the molecule is C[C@H](Cc1nncn1C)c1cccc(NC(=O)c2cc3cc(N4CCN(C(=O)OC(C)(C)C)CC4)ccc3cn2)c1. The highest BCUT2D eigenvalue weighted by atomic mass is 16.6. The molecule has 214 valence electrons. The van der Waals surface area contributed by atoms with Gasteiger partial charge in [0.15, 0.2) is 0 Å². The number of hydrogen-bond donors (Lipinski definition) is 1. The molecule has 0 radical (unpaired) electrons. The molecule has 4 aromatic rings. The number of pyridine rings is 1. The summed E-state index contributed by atoms with van der Waals surface area (Å²) in [6.07, 6.45) is 3.90. The lowest BCUT2D eigenvalue weighted by Gasteiger charge is -2.36. The zero-order valence-corrected chi connectivity index (χ0v) is 24.3. The van der Waals surface area contributed by atoms with Crippen molar-refractivity contribution in [3.8, 4) is 0 Å². The van der Waals surface area contributed by atoms with Gasteiger partial charge in [0, 0.05) is 62.6 Å². The number of fused-ring (bicyclic) bond motifs is 1. The van der Waals surface area contributed by atoms with Crippen LogP contribution in [0.5, 0.6) is 0 Å². The molecule has 0 aliphatic carbocycles. The van der Waals surface area contributed by atoms with Gasteiger partial charge in [-0.1, -0.05) is 25.1 Å². The molecule has 2 amide bonds. The Labute approximate surface area is 240 Å². The van der Waals surface area contributed by atoms with Crippen molar-refractivity contribution in [1.29, 1.82) is 0 Å². The Morgan fingerprint density at radius 1 is 1.02 bits per heavy atom. The van der Waals surface area contributed by atoms with Crippen LogP contribution in [0.25, 0.3) is 10.8 Å². The molecule has 1 aliphatic rings. The molecule has 0 unspecified atom stereocenters. The fraction of sp³-hybridized carbons (Fsp3) is 0.387. The lowest BCUT2D eigenvalue weighted by Crippen LogP contribution is -2.50. The van der Waals surface area contributed by atoms with E-state index in [1.165, 1.54) is 0 Å². The van der Waals surface area contributed by atoms with Crippen LogP contribution in [0.15, 0.2) is 61.1 Å². The number of carbonyl (C=O) groups excluding carboxylic acids is 2. The summed E-state index contributed by atoms with van der Waals surface area (Å²) in [5, 5.41) is 13.0. The molecule has 10 heteroatoms. The van der Waals surface area contributed by atoms with Gasteiger partial charge in [-0.25, -0.2) is 4.79 Å². The van der Waals surface area contributed by atoms with E-state index in [2.05, 4.69) is 50.5 Å². The highest BCUT2D eigenvalue weighted by Crippen LogP contribution is 2.26. The molecule has 1 fully saturated rings. The maximum absolute atomic E-state index is 13.2. The topological polar surface area (TPSA) is 105 Å². The Morgan fingerprint density at radius 2 is 1.80 bits per heavy atom. The maximum atomic E-state index is 13.2. The van der Waals surface area contributed by atoms with E-state index in [9.17, 15) is 9.59 Å². The quantitative estimate of drug-likeness (QED) is 0.356. The van der Waals surface area contributed by atoms with Gasteiger partial charge in [0.1, 0.15) is 23.4 Å².